The highest BCUT2D eigenvalue weighted by molar-refractivity contribution is 5.12. The minimum atomic E-state index is 0.319. The first-order valence-corrected chi connectivity index (χ1v) is 6.91. The number of aromatic nitrogens is 2. The van der Waals surface area contributed by atoms with E-state index in [4.69, 9.17) is 5.73 Å². The van der Waals surface area contributed by atoms with E-state index in [1.54, 1.807) is 0 Å². The van der Waals surface area contributed by atoms with Crippen LogP contribution in [0.1, 0.15) is 51.8 Å². The van der Waals surface area contributed by atoms with Gasteiger partial charge in [-0.25, -0.2) is 0 Å². The molecule has 1 aliphatic rings. The predicted octanol–water partition coefficient (Wildman–Crippen LogP) is 2.20. The fourth-order valence-electron chi connectivity index (χ4n) is 2.72. The molecule has 2 N–H and O–H groups in total. The fourth-order valence-corrected chi connectivity index (χ4v) is 2.72. The lowest BCUT2D eigenvalue weighted by atomic mass is 9.93. The molecule has 0 bridgehead atoms. The zero-order valence-corrected chi connectivity index (χ0v) is 12.1. The van der Waals surface area contributed by atoms with Crippen LogP contribution in [-0.4, -0.2) is 34.3 Å². The summed E-state index contributed by atoms with van der Waals surface area (Å²) < 4.78 is 2.01. The maximum atomic E-state index is 5.98. The molecule has 2 heterocycles. The Morgan fingerprint density at radius 1 is 1.44 bits per heavy atom. The molecule has 4 heteroatoms. The highest BCUT2D eigenvalue weighted by Gasteiger charge is 2.33. The second-order valence-corrected chi connectivity index (χ2v) is 6.48. The van der Waals surface area contributed by atoms with Gasteiger partial charge in [-0.05, 0) is 32.2 Å². The molecule has 1 unspecified atom stereocenters. The lowest BCUT2D eigenvalue weighted by Gasteiger charge is -2.27. The zero-order valence-electron chi connectivity index (χ0n) is 12.1. The Kier molecular flexibility index (Phi) is 3.78. The maximum absolute atomic E-state index is 5.98. The molecule has 102 valence electrons. The van der Waals surface area contributed by atoms with E-state index < -0.39 is 0 Å². The van der Waals surface area contributed by atoms with Crippen LogP contribution in [0.5, 0.6) is 0 Å². The smallest absolute Gasteiger partial charge is 0.0538 e. The Labute approximate surface area is 110 Å². The first-order valence-electron chi connectivity index (χ1n) is 6.91. The molecule has 0 amide bonds. The average molecular weight is 250 g/mol. The summed E-state index contributed by atoms with van der Waals surface area (Å²) in [5.41, 5.74) is 7.65. The van der Waals surface area contributed by atoms with Gasteiger partial charge in [-0.1, -0.05) is 13.8 Å². The Bertz CT molecular complexity index is 394. The molecule has 0 spiro atoms. The molecule has 1 saturated heterocycles. The molecule has 1 aromatic heterocycles. The number of nitrogens with zero attached hydrogens (tertiary/aromatic N) is 3. The van der Waals surface area contributed by atoms with Gasteiger partial charge in [-0.15, -0.1) is 0 Å². The molecule has 1 aliphatic heterocycles. The second-order valence-electron chi connectivity index (χ2n) is 6.48. The number of nitrogens with two attached hydrogens (primary N) is 1. The average Bonchev–Trinajstić information content (AvgIpc) is 2.87. The molecule has 0 radical (unpaired) electrons. The molecule has 1 fully saturated rings. The van der Waals surface area contributed by atoms with Crippen LogP contribution in [0.3, 0.4) is 0 Å². The topological polar surface area (TPSA) is 47.1 Å². The SMILES string of the molecule is CC(C)n1cc(C(CN)N2CCC(C)(C)C2)cn1. The quantitative estimate of drug-likeness (QED) is 0.891. The Balaban J connectivity index is 2.13. The molecule has 1 atom stereocenters. The third-order valence-electron chi connectivity index (χ3n) is 3.91. The van der Waals surface area contributed by atoms with Crippen LogP contribution in [0.25, 0.3) is 0 Å². The molecule has 0 aliphatic carbocycles. The van der Waals surface area contributed by atoms with Crippen molar-refractivity contribution in [3.63, 3.8) is 0 Å². The van der Waals surface area contributed by atoms with Crippen molar-refractivity contribution in [1.82, 2.24) is 14.7 Å². The Morgan fingerprint density at radius 3 is 2.61 bits per heavy atom. The van der Waals surface area contributed by atoms with Gasteiger partial charge >= 0.3 is 0 Å². The minimum absolute atomic E-state index is 0.319. The largest absolute Gasteiger partial charge is 0.329 e. The van der Waals surface area contributed by atoms with Crippen LogP contribution >= 0.6 is 0 Å². The maximum Gasteiger partial charge on any atom is 0.0538 e. The van der Waals surface area contributed by atoms with Crippen LogP contribution in [0.15, 0.2) is 12.4 Å². The highest BCUT2D eigenvalue weighted by Crippen LogP contribution is 2.34. The lowest BCUT2D eigenvalue weighted by Crippen LogP contribution is -2.33. The van der Waals surface area contributed by atoms with Gasteiger partial charge in [0.2, 0.25) is 0 Å². The molecule has 2 rings (SSSR count). The van der Waals surface area contributed by atoms with Crippen LogP contribution in [0.2, 0.25) is 0 Å². The minimum Gasteiger partial charge on any atom is -0.329 e. The van der Waals surface area contributed by atoms with E-state index in [1.165, 1.54) is 12.0 Å². The van der Waals surface area contributed by atoms with E-state index in [-0.39, 0.29) is 0 Å². The molecule has 0 aromatic carbocycles. The molecule has 18 heavy (non-hydrogen) atoms. The highest BCUT2D eigenvalue weighted by atomic mass is 15.3. The van der Waals surface area contributed by atoms with Gasteiger partial charge in [0.25, 0.3) is 0 Å². The van der Waals surface area contributed by atoms with Crippen molar-refractivity contribution in [1.29, 1.82) is 0 Å². The van der Waals surface area contributed by atoms with Gasteiger partial charge in [0.1, 0.15) is 0 Å². The molecule has 1 aromatic rings. The van der Waals surface area contributed by atoms with E-state index in [2.05, 4.69) is 43.9 Å². The van der Waals surface area contributed by atoms with Crippen molar-refractivity contribution in [3.8, 4) is 0 Å². The van der Waals surface area contributed by atoms with Crippen molar-refractivity contribution >= 4 is 0 Å². The van der Waals surface area contributed by atoms with Gasteiger partial charge in [0.05, 0.1) is 12.2 Å². The van der Waals surface area contributed by atoms with Crippen molar-refractivity contribution in [2.24, 2.45) is 11.1 Å². The van der Waals surface area contributed by atoms with Crippen molar-refractivity contribution in [3.05, 3.63) is 18.0 Å². The van der Waals surface area contributed by atoms with Crippen molar-refractivity contribution < 1.29 is 0 Å². The third kappa shape index (κ3) is 2.75. The van der Waals surface area contributed by atoms with Crippen LogP contribution < -0.4 is 5.73 Å². The number of hydrogen-bond acceptors (Lipinski definition) is 3. The Hall–Kier alpha value is -0.870. The number of hydrogen-bond donors (Lipinski definition) is 1. The van der Waals surface area contributed by atoms with E-state index >= 15 is 0 Å². The first kappa shape index (κ1) is 13.6. The van der Waals surface area contributed by atoms with Gasteiger partial charge in [-0.2, -0.15) is 5.10 Å². The summed E-state index contributed by atoms with van der Waals surface area (Å²) in [7, 11) is 0. The summed E-state index contributed by atoms with van der Waals surface area (Å²) in [5.74, 6) is 0. The van der Waals surface area contributed by atoms with Gasteiger partial charge in [-0.3, -0.25) is 9.58 Å². The molecular formula is C14H26N4. The van der Waals surface area contributed by atoms with Gasteiger partial charge < -0.3 is 5.73 Å². The van der Waals surface area contributed by atoms with E-state index in [9.17, 15) is 0 Å². The second kappa shape index (κ2) is 5.02. The summed E-state index contributed by atoms with van der Waals surface area (Å²) in [4.78, 5) is 2.50. The third-order valence-corrected chi connectivity index (χ3v) is 3.91. The summed E-state index contributed by atoms with van der Waals surface area (Å²) >= 11 is 0. The first-order chi connectivity index (χ1) is 8.43. The molecule has 4 nitrogen and oxygen atoms in total. The van der Waals surface area contributed by atoms with Crippen molar-refractivity contribution in [2.75, 3.05) is 19.6 Å². The monoisotopic (exact) mass is 250 g/mol. The van der Waals surface area contributed by atoms with Crippen LogP contribution in [-0.2, 0) is 0 Å². The molecule has 0 saturated carbocycles. The zero-order chi connectivity index (χ0) is 13.3. The number of likely N-dealkylation sites (tertiary alicyclic amines) is 1. The van der Waals surface area contributed by atoms with E-state index in [1.807, 2.05) is 10.9 Å². The summed E-state index contributed by atoms with van der Waals surface area (Å²) in [6.45, 7) is 11.9. The summed E-state index contributed by atoms with van der Waals surface area (Å²) in [6, 6.07) is 0.728. The Morgan fingerprint density at radius 2 is 2.17 bits per heavy atom. The standard InChI is InChI=1S/C14H26N4/c1-11(2)18-9-12(8-16-18)13(7-15)17-6-5-14(3,4)10-17/h8-9,11,13H,5-7,10,15H2,1-4H3. The van der Waals surface area contributed by atoms with Crippen LogP contribution in [0.4, 0.5) is 0 Å². The normalized spacial score (nSPS) is 21.7. The van der Waals surface area contributed by atoms with E-state index in [0.717, 1.165) is 13.1 Å². The fraction of sp³-hybridized carbons (Fsp3) is 0.786. The van der Waals surface area contributed by atoms with Crippen LogP contribution in [0, 0.1) is 5.41 Å². The lowest BCUT2D eigenvalue weighted by molar-refractivity contribution is 0.223. The summed E-state index contributed by atoms with van der Waals surface area (Å²) in [6.07, 6.45) is 5.37. The van der Waals surface area contributed by atoms with Gasteiger partial charge in [0, 0.05) is 30.9 Å². The molecular weight excluding hydrogens is 224 g/mol. The van der Waals surface area contributed by atoms with Gasteiger partial charge in [0.15, 0.2) is 0 Å². The summed E-state index contributed by atoms with van der Waals surface area (Å²) in [5, 5.41) is 4.43. The van der Waals surface area contributed by atoms with Crippen molar-refractivity contribution in [2.45, 2.75) is 46.2 Å². The van der Waals surface area contributed by atoms with E-state index in [0.29, 0.717) is 24.0 Å². The predicted molar refractivity (Wildman–Crippen MR) is 74.4 cm³/mol. The number of rotatable bonds is 4.